The number of aliphatic hydroxyl groups excluding tert-OH is 1. The second-order valence-electron chi connectivity index (χ2n) is 4.35. The van der Waals surface area contributed by atoms with Gasteiger partial charge in [0.25, 0.3) is 0 Å². The Morgan fingerprint density at radius 2 is 1.93 bits per heavy atom. The van der Waals surface area contributed by atoms with Crippen LogP contribution >= 0.6 is 0 Å². The van der Waals surface area contributed by atoms with Crippen LogP contribution in [0.25, 0.3) is 0 Å². The third-order valence-corrected chi connectivity index (χ3v) is 3.02. The lowest BCUT2D eigenvalue weighted by Gasteiger charge is -2.16. The highest BCUT2D eigenvalue weighted by Crippen LogP contribution is 2.38. The van der Waals surface area contributed by atoms with Gasteiger partial charge in [0.2, 0.25) is 0 Å². The molecule has 1 fully saturated rings. The van der Waals surface area contributed by atoms with Gasteiger partial charge in [0.05, 0.1) is 18.1 Å². The van der Waals surface area contributed by atoms with Crippen molar-refractivity contribution in [2.45, 2.75) is 31.8 Å². The van der Waals surface area contributed by atoms with E-state index in [1.807, 2.05) is 31.2 Å². The van der Waals surface area contributed by atoms with Crippen molar-refractivity contribution in [3.63, 3.8) is 0 Å². The molecule has 0 aromatic heterocycles. The second-order valence-corrected chi connectivity index (χ2v) is 4.35. The molecule has 0 spiro atoms. The minimum absolute atomic E-state index is 0.343. The number of aryl methyl sites for hydroxylation is 1. The number of aliphatic hydroxyl groups is 1. The van der Waals surface area contributed by atoms with Gasteiger partial charge in [-0.2, -0.15) is 5.26 Å². The van der Waals surface area contributed by atoms with E-state index >= 15 is 0 Å². The van der Waals surface area contributed by atoms with Crippen LogP contribution in [0.1, 0.15) is 29.9 Å². The smallest absolute Gasteiger partial charge is 0.0974 e. The van der Waals surface area contributed by atoms with Crippen molar-refractivity contribution < 1.29 is 5.11 Å². The number of benzene rings is 1. The lowest BCUT2D eigenvalue weighted by molar-refractivity contribution is 0.138. The quantitative estimate of drug-likeness (QED) is 0.816. The second kappa shape index (κ2) is 4.04. The van der Waals surface area contributed by atoms with E-state index in [-0.39, 0.29) is 5.92 Å². The van der Waals surface area contributed by atoms with Crippen molar-refractivity contribution in [2.24, 2.45) is 5.92 Å². The molecule has 0 amide bonds. The molecule has 15 heavy (non-hydrogen) atoms. The third-order valence-electron chi connectivity index (χ3n) is 3.02. The summed E-state index contributed by atoms with van der Waals surface area (Å²) in [5, 5.41) is 19.0. The normalized spacial score (nSPS) is 19.3. The number of hydrogen-bond donors (Lipinski definition) is 1. The first-order valence-corrected chi connectivity index (χ1v) is 5.36. The summed E-state index contributed by atoms with van der Waals surface area (Å²) in [7, 11) is 0. The van der Waals surface area contributed by atoms with Crippen LogP contribution in [-0.2, 0) is 0 Å². The summed E-state index contributed by atoms with van der Waals surface area (Å²) in [6, 6.07) is 10.1. The van der Waals surface area contributed by atoms with E-state index in [4.69, 9.17) is 5.26 Å². The van der Waals surface area contributed by atoms with Gasteiger partial charge in [0.1, 0.15) is 0 Å². The minimum Gasteiger partial charge on any atom is -0.391 e. The summed E-state index contributed by atoms with van der Waals surface area (Å²) >= 11 is 0. The van der Waals surface area contributed by atoms with Crippen molar-refractivity contribution in [1.29, 1.82) is 5.26 Å². The molecule has 2 atom stereocenters. The van der Waals surface area contributed by atoms with E-state index in [1.165, 1.54) is 5.56 Å². The molecule has 0 heterocycles. The van der Waals surface area contributed by atoms with Crippen LogP contribution in [0.3, 0.4) is 0 Å². The number of rotatable bonds is 3. The van der Waals surface area contributed by atoms with Crippen molar-refractivity contribution in [3.8, 4) is 6.07 Å². The van der Waals surface area contributed by atoms with E-state index in [1.54, 1.807) is 0 Å². The van der Waals surface area contributed by atoms with Crippen molar-refractivity contribution >= 4 is 0 Å². The number of nitrogens with zero attached hydrogens (tertiary/aromatic N) is 1. The molecular formula is C13H15NO. The first-order chi connectivity index (χ1) is 7.22. The average molecular weight is 201 g/mol. The van der Waals surface area contributed by atoms with Crippen LogP contribution in [0, 0.1) is 24.2 Å². The molecule has 1 saturated carbocycles. The van der Waals surface area contributed by atoms with E-state index in [9.17, 15) is 5.11 Å². The Morgan fingerprint density at radius 3 is 2.40 bits per heavy atom. The van der Waals surface area contributed by atoms with Crippen molar-refractivity contribution in [1.82, 2.24) is 0 Å². The molecule has 0 aliphatic heterocycles. The molecule has 1 aliphatic carbocycles. The predicted octanol–water partition coefficient (Wildman–Crippen LogP) is 2.37. The molecule has 2 heteroatoms. The predicted molar refractivity (Wildman–Crippen MR) is 58.3 cm³/mol. The Labute approximate surface area is 90.2 Å². The maximum atomic E-state index is 9.95. The molecule has 1 aromatic rings. The largest absolute Gasteiger partial charge is 0.391 e. The van der Waals surface area contributed by atoms with Gasteiger partial charge >= 0.3 is 0 Å². The maximum Gasteiger partial charge on any atom is 0.0974 e. The molecule has 1 aromatic carbocycles. The van der Waals surface area contributed by atoms with Crippen LogP contribution in [0.5, 0.6) is 0 Å². The highest BCUT2D eigenvalue weighted by molar-refractivity contribution is 5.30. The molecule has 0 bridgehead atoms. The fraction of sp³-hybridized carbons (Fsp3) is 0.462. The summed E-state index contributed by atoms with van der Waals surface area (Å²) in [4.78, 5) is 0. The van der Waals surface area contributed by atoms with Crippen LogP contribution in [0.15, 0.2) is 24.3 Å². The molecule has 1 aliphatic rings. The monoisotopic (exact) mass is 201 g/mol. The lowest BCUT2D eigenvalue weighted by Crippen LogP contribution is -2.19. The van der Waals surface area contributed by atoms with Gasteiger partial charge in [-0.15, -0.1) is 0 Å². The van der Waals surface area contributed by atoms with Gasteiger partial charge in [-0.05, 0) is 31.2 Å². The summed E-state index contributed by atoms with van der Waals surface area (Å²) in [5.41, 5.74) is 2.11. The minimum atomic E-state index is -0.488. The van der Waals surface area contributed by atoms with Gasteiger partial charge in [-0.3, -0.25) is 0 Å². The SMILES string of the molecule is Cc1ccc(C(C#N)C(O)C2CC2)cc1. The van der Waals surface area contributed by atoms with Crippen LogP contribution in [0.2, 0.25) is 0 Å². The highest BCUT2D eigenvalue weighted by Gasteiger charge is 2.35. The third kappa shape index (κ3) is 2.19. The standard InChI is InChI=1S/C13H15NO/c1-9-2-4-10(5-3-9)12(8-14)13(15)11-6-7-11/h2-5,11-13,15H,6-7H2,1H3. The van der Waals surface area contributed by atoms with Crippen LogP contribution in [0.4, 0.5) is 0 Å². The summed E-state index contributed by atoms with van der Waals surface area (Å²) in [5.74, 6) is -0.0194. The Hall–Kier alpha value is -1.33. The zero-order chi connectivity index (χ0) is 10.8. The van der Waals surface area contributed by atoms with E-state index < -0.39 is 6.10 Å². The topological polar surface area (TPSA) is 44.0 Å². The molecule has 2 nitrogen and oxygen atoms in total. The van der Waals surface area contributed by atoms with Gasteiger partial charge in [0, 0.05) is 0 Å². The van der Waals surface area contributed by atoms with Crippen LogP contribution in [-0.4, -0.2) is 11.2 Å². The van der Waals surface area contributed by atoms with E-state index in [2.05, 4.69) is 6.07 Å². The first kappa shape index (κ1) is 10.2. The van der Waals surface area contributed by atoms with Gasteiger partial charge in [0.15, 0.2) is 0 Å². The zero-order valence-electron chi connectivity index (χ0n) is 8.85. The molecule has 0 radical (unpaired) electrons. The summed E-state index contributed by atoms with van der Waals surface area (Å²) < 4.78 is 0. The van der Waals surface area contributed by atoms with Gasteiger partial charge < -0.3 is 5.11 Å². The molecule has 2 unspecified atom stereocenters. The fourth-order valence-corrected chi connectivity index (χ4v) is 1.83. The average Bonchev–Trinajstić information content (AvgIpc) is 3.05. The Morgan fingerprint density at radius 1 is 1.33 bits per heavy atom. The van der Waals surface area contributed by atoms with E-state index in [0.29, 0.717) is 5.92 Å². The Balaban J connectivity index is 2.19. The maximum absolute atomic E-state index is 9.95. The molecule has 1 N–H and O–H groups in total. The molecule has 0 saturated heterocycles. The summed E-state index contributed by atoms with van der Waals surface area (Å²) in [6.45, 7) is 2.02. The highest BCUT2D eigenvalue weighted by atomic mass is 16.3. The van der Waals surface area contributed by atoms with Crippen molar-refractivity contribution in [3.05, 3.63) is 35.4 Å². The van der Waals surface area contributed by atoms with Crippen molar-refractivity contribution in [2.75, 3.05) is 0 Å². The molecular weight excluding hydrogens is 186 g/mol. The zero-order valence-corrected chi connectivity index (χ0v) is 8.85. The van der Waals surface area contributed by atoms with Gasteiger partial charge in [-0.1, -0.05) is 29.8 Å². The fourth-order valence-electron chi connectivity index (χ4n) is 1.83. The summed E-state index contributed by atoms with van der Waals surface area (Å²) in [6.07, 6.45) is 1.63. The lowest BCUT2D eigenvalue weighted by atomic mass is 9.91. The number of hydrogen-bond acceptors (Lipinski definition) is 2. The Bertz CT molecular complexity index is 373. The van der Waals surface area contributed by atoms with Gasteiger partial charge in [-0.25, -0.2) is 0 Å². The molecule has 78 valence electrons. The van der Waals surface area contributed by atoms with Crippen LogP contribution < -0.4 is 0 Å². The van der Waals surface area contributed by atoms with E-state index in [0.717, 1.165) is 18.4 Å². The Kier molecular flexibility index (Phi) is 2.75. The first-order valence-electron chi connectivity index (χ1n) is 5.36. The number of nitriles is 1. The molecule has 2 rings (SSSR count).